The summed E-state index contributed by atoms with van der Waals surface area (Å²) in [5, 5.41) is 0. The number of hydrogen-bond donors (Lipinski definition) is 0. The van der Waals surface area contributed by atoms with E-state index >= 15 is 0 Å². The first-order valence-electron chi connectivity index (χ1n) is 17.9. The molecule has 0 bridgehead atoms. The Morgan fingerprint density at radius 2 is 1.35 bits per heavy atom. The number of hydrogen-bond acceptors (Lipinski definition) is 1. The second-order valence-corrected chi connectivity index (χ2v) is 11.6. The van der Waals surface area contributed by atoms with Crippen LogP contribution in [0.15, 0.2) is 48.7 Å². The molecule has 1 heterocycles. The second-order valence-electron chi connectivity index (χ2n) is 11.6. The molecule has 1 heteroatoms. The summed E-state index contributed by atoms with van der Waals surface area (Å²) in [5.74, 6) is 1.40. The molecule has 1 fully saturated rings. The number of pyridine rings is 1. The van der Waals surface area contributed by atoms with Crippen molar-refractivity contribution in [1.29, 1.82) is 0 Å². The number of aromatic nitrogens is 1. The van der Waals surface area contributed by atoms with Gasteiger partial charge in [-0.15, -0.1) is 12.8 Å². The average molecular weight is 592 g/mol. The maximum Gasteiger partial charge on any atom is 0.0507 e. The molecular formula is C42H73N. The number of benzene rings is 1. The van der Waals surface area contributed by atoms with Gasteiger partial charge in [0.05, 0.1) is 5.69 Å². The predicted octanol–water partition coefficient (Wildman–Crippen LogP) is 13.9. The van der Waals surface area contributed by atoms with Gasteiger partial charge in [0.25, 0.3) is 0 Å². The minimum Gasteiger partial charge on any atom is -0.260 e. The van der Waals surface area contributed by atoms with Gasteiger partial charge in [0.1, 0.15) is 0 Å². The Kier molecular flexibility index (Phi) is 34.2. The van der Waals surface area contributed by atoms with Crippen LogP contribution >= 0.6 is 0 Å². The summed E-state index contributed by atoms with van der Waals surface area (Å²) in [6, 6.07) is 11.1. The predicted molar refractivity (Wildman–Crippen MR) is 199 cm³/mol. The molecular weight excluding hydrogens is 518 g/mol. The van der Waals surface area contributed by atoms with E-state index in [-0.39, 0.29) is 0 Å². The zero-order valence-electron chi connectivity index (χ0n) is 30.8. The maximum atomic E-state index is 4.58. The van der Waals surface area contributed by atoms with Gasteiger partial charge in [-0.25, -0.2) is 0 Å². The van der Waals surface area contributed by atoms with Crippen LogP contribution in [-0.2, 0) is 12.8 Å². The van der Waals surface area contributed by atoms with E-state index < -0.39 is 0 Å². The minimum absolute atomic E-state index is 0.421. The highest BCUT2D eigenvalue weighted by atomic mass is 14.7. The fraction of sp³-hybridized carbons (Fsp3) is 0.643. The molecule has 1 atom stereocenters. The zero-order valence-corrected chi connectivity index (χ0v) is 30.8. The molecule has 1 nitrogen and oxygen atoms in total. The van der Waals surface area contributed by atoms with Crippen molar-refractivity contribution in [3.05, 3.63) is 76.6 Å². The number of terminal acetylenes is 1. The summed E-state index contributed by atoms with van der Waals surface area (Å²) >= 11 is 0. The van der Waals surface area contributed by atoms with E-state index in [0.29, 0.717) is 5.92 Å². The van der Waals surface area contributed by atoms with Gasteiger partial charge in [0.2, 0.25) is 0 Å². The molecule has 1 saturated carbocycles. The van der Waals surface area contributed by atoms with E-state index in [2.05, 4.69) is 111 Å². The summed E-state index contributed by atoms with van der Waals surface area (Å²) < 4.78 is 0. The van der Waals surface area contributed by atoms with Gasteiger partial charge in [-0.05, 0) is 61.3 Å². The second kappa shape index (κ2) is 32.6. The van der Waals surface area contributed by atoms with Crippen LogP contribution in [0.5, 0.6) is 0 Å². The van der Waals surface area contributed by atoms with Gasteiger partial charge in [-0.3, -0.25) is 4.98 Å². The Bertz CT molecular complexity index is 896. The van der Waals surface area contributed by atoms with Crippen molar-refractivity contribution in [2.24, 2.45) is 5.92 Å². The van der Waals surface area contributed by atoms with Gasteiger partial charge in [-0.2, -0.15) is 0 Å². The molecule has 0 saturated heterocycles. The molecule has 2 aromatic rings. The third kappa shape index (κ3) is 21.9. The number of allylic oxidation sites excluding steroid dienone is 1. The van der Waals surface area contributed by atoms with Crippen molar-refractivity contribution >= 4 is 0 Å². The average Bonchev–Trinajstić information content (AvgIpc) is 3.17. The first-order chi connectivity index (χ1) is 20.8. The number of unbranched alkanes of at least 4 members (excludes halogenated alkanes) is 1. The molecule has 1 aromatic carbocycles. The standard InChI is InChI=1S/C16H17N.C12H22.C4H10.2C3H8.C2H6.C2H2/c1-11-5-8-15-12(2)16-13(4-3-9-17-16)6-7-14(15)10-11;1-3-7-11(2)10-12-8-5-4-6-9-12;1-3-4-2;2*1-3-2;2*1-2/h3-5,8-10,12H,6-7H2,1-2H3;12H,2-10H2,1H3;3-4H2,1-2H3;2*3H2,1-2H3;1-2H3;1-2H. The van der Waals surface area contributed by atoms with Crippen molar-refractivity contribution in [3.8, 4) is 12.8 Å². The van der Waals surface area contributed by atoms with Crippen molar-refractivity contribution in [3.63, 3.8) is 0 Å². The number of fused-ring (bicyclic) bond motifs is 2. The molecule has 2 aliphatic carbocycles. The Balaban J connectivity index is -0.000000537. The summed E-state index contributed by atoms with van der Waals surface area (Å²) in [6.45, 7) is 27.7. The number of nitrogens with zero attached hydrogens (tertiary/aromatic N) is 1. The van der Waals surface area contributed by atoms with Crippen LogP contribution in [0.25, 0.3) is 0 Å². The first-order valence-corrected chi connectivity index (χ1v) is 17.9. The quantitative estimate of drug-likeness (QED) is 0.249. The molecule has 0 radical (unpaired) electrons. The SMILES string of the molecule is C#C.C=C(CCC)CC1CCCCC1.CC.CCC.CCC.CCCC.Cc1ccc2c(c1)CCc1cccnc1C2C. The first kappa shape index (κ1) is 45.1. The largest absolute Gasteiger partial charge is 0.260 e. The Labute approximate surface area is 271 Å². The van der Waals surface area contributed by atoms with Crippen molar-refractivity contribution in [1.82, 2.24) is 4.98 Å². The number of aryl methyl sites for hydroxylation is 3. The van der Waals surface area contributed by atoms with Crippen LogP contribution in [-0.4, -0.2) is 4.98 Å². The number of rotatable bonds is 5. The van der Waals surface area contributed by atoms with Gasteiger partial charge < -0.3 is 0 Å². The molecule has 2 aliphatic rings. The highest BCUT2D eigenvalue weighted by Crippen LogP contribution is 2.33. The lowest BCUT2D eigenvalue weighted by Crippen LogP contribution is -2.06. The lowest BCUT2D eigenvalue weighted by atomic mass is 9.84. The maximum absolute atomic E-state index is 4.58. The van der Waals surface area contributed by atoms with E-state index in [1.165, 1.54) is 111 Å². The highest BCUT2D eigenvalue weighted by molar-refractivity contribution is 5.42. The van der Waals surface area contributed by atoms with Crippen LogP contribution in [0, 0.1) is 25.7 Å². The lowest BCUT2D eigenvalue weighted by Gasteiger charge is -2.22. The summed E-state index contributed by atoms with van der Waals surface area (Å²) in [6.07, 6.45) is 28.4. The molecule has 0 spiro atoms. The third-order valence-corrected chi connectivity index (χ3v) is 7.17. The van der Waals surface area contributed by atoms with Crippen molar-refractivity contribution in [2.45, 2.75) is 172 Å². The van der Waals surface area contributed by atoms with Crippen molar-refractivity contribution < 1.29 is 0 Å². The van der Waals surface area contributed by atoms with Crippen LogP contribution in [0.1, 0.15) is 180 Å². The molecule has 0 N–H and O–H groups in total. The molecule has 4 rings (SSSR count). The Hall–Kier alpha value is -2.33. The van der Waals surface area contributed by atoms with Gasteiger partial charge in [-0.1, -0.05) is 175 Å². The van der Waals surface area contributed by atoms with Gasteiger partial charge in [0, 0.05) is 12.1 Å². The summed E-state index contributed by atoms with van der Waals surface area (Å²) in [5.41, 5.74) is 8.46. The lowest BCUT2D eigenvalue weighted by molar-refractivity contribution is 0.353. The van der Waals surface area contributed by atoms with E-state index in [0.717, 1.165) is 18.8 Å². The van der Waals surface area contributed by atoms with Crippen LogP contribution in [0.3, 0.4) is 0 Å². The molecule has 43 heavy (non-hydrogen) atoms. The van der Waals surface area contributed by atoms with Crippen molar-refractivity contribution in [2.75, 3.05) is 0 Å². The molecule has 0 amide bonds. The summed E-state index contributed by atoms with van der Waals surface area (Å²) in [7, 11) is 0. The van der Waals surface area contributed by atoms with E-state index in [1.54, 1.807) is 0 Å². The Morgan fingerprint density at radius 3 is 1.86 bits per heavy atom. The van der Waals surface area contributed by atoms with E-state index in [4.69, 9.17) is 0 Å². The fourth-order valence-electron chi connectivity index (χ4n) is 5.10. The third-order valence-electron chi connectivity index (χ3n) is 7.17. The minimum atomic E-state index is 0.421. The van der Waals surface area contributed by atoms with E-state index in [9.17, 15) is 0 Å². The smallest absolute Gasteiger partial charge is 0.0507 e. The Morgan fingerprint density at radius 1 is 0.814 bits per heavy atom. The highest BCUT2D eigenvalue weighted by Gasteiger charge is 2.20. The zero-order chi connectivity index (χ0) is 33.5. The molecule has 1 aromatic heterocycles. The monoisotopic (exact) mass is 592 g/mol. The topological polar surface area (TPSA) is 12.9 Å². The van der Waals surface area contributed by atoms with Crippen LogP contribution in [0.4, 0.5) is 0 Å². The molecule has 0 aliphatic heterocycles. The summed E-state index contributed by atoms with van der Waals surface area (Å²) in [4.78, 5) is 4.58. The molecule has 246 valence electrons. The fourth-order valence-corrected chi connectivity index (χ4v) is 5.10. The normalized spacial score (nSPS) is 14.3. The molecule has 1 unspecified atom stereocenters. The van der Waals surface area contributed by atoms with Gasteiger partial charge >= 0.3 is 0 Å². The van der Waals surface area contributed by atoms with Gasteiger partial charge in [0.15, 0.2) is 0 Å². The van der Waals surface area contributed by atoms with Crippen LogP contribution in [0.2, 0.25) is 0 Å². The van der Waals surface area contributed by atoms with Crippen LogP contribution < -0.4 is 0 Å². The van der Waals surface area contributed by atoms with E-state index in [1.807, 2.05) is 26.1 Å².